The second kappa shape index (κ2) is 7.28. The van der Waals surface area contributed by atoms with Crippen LogP contribution in [0, 0.1) is 11.8 Å². The highest BCUT2D eigenvalue weighted by Crippen LogP contribution is 2.24. The van der Waals surface area contributed by atoms with Crippen molar-refractivity contribution in [1.29, 1.82) is 0 Å². The van der Waals surface area contributed by atoms with Crippen LogP contribution in [-0.2, 0) is 0 Å². The van der Waals surface area contributed by atoms with Gasteiger partial charge in [0.05, 0.1) is 0 Å². The standard InChI is InChI=1S/C16H25ClN2/c1-12(2)16(14-3-5-15(17)6-4-14)19-11-13-7-9-18-10-8-13/h3-6,12-13,16,18-19H,7-11H2,1-2H3. The van der Waals surface area contributed by atoms with Crippen LogP contribution in [0.3, 0.4) is 0 Å². The molecule has 1 fully saturated rings. The lowest BCUT2D eigenvalue weighted by atomic mass is 9.93. The molecule has 0 spiro atoms. The number of hydrogen-bond acceptors (Lipinski definition) is 2. The third-order valence-corrected chi connectivity index (χ3v) is 4.23. The maximum atomic E-state index is 5.97. The van der Waals surface area contributed by atoms with Gasteiger partial charge in [-0.3, -0.25) is 0 Å². The predicted molar refractivity (Wildman–Crippen MR) is 82.6 cm³/mol. The lowest BCUT2D eigenvalue weighted by Crippen LogP contribution is -2.36. The van der Waals surface area contributed by atoms with E-state index < -0.39 is 0 Å². The average molecular weight is 281 g/mol. The third-order valence-electron chi connectivity index (χ3n) is 3.98. The Morgan fingerprint density at radius 3 is 2.42 bits per heavy atom. The molecule has 1 atom stereocenters. The predicted octanol–water partition coefficient (Wildman–Crippen LogP) is 3.63. The van der Waals surface area contributed by atoms with Gasteiger partial charge in [-0.15, -0.1) is 0 Å². The van der Waals surface area contributed by atoms with E-state index in [0.29, 0.717) is 12.0 Å². The van der Waals surface area contributed by atoms with Crippen LogP contribution in [0.2, 0.25) is 5.02 Å². The summed E-state index contributed by atoms with van der Waals surface area (Å²) in [6.45, 7) is 8.00. The number of rotatable bonds is 5. The minimum atomic E-state index is 0.423. The van der Waals surface area contributed by atoms with Crippen LogP contribution < -0.4 is 10.6 Å². The highest BCUT2D eigenvalue weighted by molar-refractivity contribution is 6.30. The van der Waals surface area contributed by atoms with Crippen LogP contribution in [0.1, 0.15) is 38.3 Å². The van der Waals surface area contributed by atoms with Crippen LogP contribution in [0.4, 0.5) is 0 Å². The molecule has 2 nitrogen and oxygen atoms in total. The van der Waals surface area contributed by atoms with Gasteiger partial charge in [-0.1, -0.05) is 37.6 Å². The van der Waals surface area contributed by atoms with Gasteiger partial charge in [0.2, 0.25) is 0 Å². The molecule has 2 N–H and O–H groups in total. The Labute approximate surface area is 121 Å². The van der Waals surface area contributed by atoms with Crippen LogP contribution >= 0.6 is 11.6 Å². The van der Waals surface area contributed by atoms with Crippen LogP contribution in [0.15, 0.2) is 24.3 Å². The molecule has 1 heterocycles. The van der Waals surface area contributed by atoms with Crippen molar-refractivity contribution >= 4 is 11.6 Å². The molecule has 0 aromatic heterocycles. The molecule has 2 rings (SSSR count). The number of piperidine rings is 1. The van der Waals surface area contributed by atoms with Crippen molar-refractivity contribution in [3.05, 3.63) is 34.9 Å². The first-order valence-corrected chi connectivity index (χ1v) is 7.74. The lowest BCUT2D eigenvalue weighted by Gasteiger charge is -2.28. The topological polar surface area (TPSA) is 24.1 Å². The summed E-state index contributed by atoms with van der Waals surface area (Å²) in [5.41, 5.74) is 1.34. The Kier molecular flexibility index (Phi) is 5.68. The maximum absolute atomic E-state index is 5.97. The largest absolute Gasteiger partial charge is 0.317 e. The first-order valence-electron chi connectivity index (χ1n) is 7.36. The zero-order valence-electron chi connectivity index (χ0n) is 12.0. The SMILES string of the molecule is CC(C)C(NCC1CCNCC1)c1ccc(Cl)cc1. The normalized spacial score (nSPS) is 18.7. The number of nitrogens with one attached hydrogen (secondary N) is 2. The van der Waals surface area contributed by atoms with Gasteiger partial charge in [0.1, 0.15) is 0 Å². The molecule has 1 aromatic carbocycles. The summed E-state index contributed by atoms with van der Waals surface area (Å²) in [4.78, 5) is 0. The molecule has 0 amide bonds. The molecule has 1 aliphatic rings. The molecular weight excluding hydrogens is 256 g/mol. The Morgan fingerprint density at radius 1 is 1.21 bits per heavy atom. The average Bonchev–Trinajstić information content (AvgIpc) is 2.42. The van der Waals surface area contributed by atoms with Crippen LogP contribution in [-0.4, -0.2) is 19.6 Å². The zero-order chi connectivity index (χ0) is 13.7. The fraction of sp³-hybridized carbons (Fsp3) is 0.625. The number of hydrogen-bond donors (Lipinski definition) is 2. The van der Waals surface area contributed by atoms with E-state index in [-0.39, 0.29) is 0 Å². The number of halogens is 1. The Morgan fingerprint density at radius 2 is 1.84 bits per heavy atom. The molecule has 0 saturated carbocycles. The van der Waals surface area contributed by atoms with E-state index in [4.69, 9.17) is 11.6 Å². The summed E-state index contributed by atoms with van der Waals surface area (Å²) in [7, 11) is 0. The lowest BCUT2D eigenvalue weighted by molar-refractivity contribution is 0.317. The molecule has 0 bridgehead atoms. The summed E-state index contributed by atoms with van der Waals surface area (Å²) in [5.74, 6) is 1.40. The molecule has 3 heteroatoms. The molecule has 0 radical (unpaired) electrons. The minimum absolute atomic E-state index is 0.423. The third kappa shape index (κ3) is 4.48. The van der Waals surface area contributed by atoms with Crippen molar-refractivity contribution in [3.63, 3.8) is 0 Å². The van der Waals surface area contributed by atoms with Crippen LogP contribution in [0.25, 0.3) is 0 Å². The van der Waals surface area contributed by atoms with E-state index in [0.717, 1.165) is 17.5 Å². The van der Waals surface area contributed by atoms with Crippen molar-refractivity contribution in [2.75, 3.05) is 19.6 Å². The summed E-state index contributed by atoms with van der Waals surface area (Å²) in [6, 6.07) is 8.68. The van der Waals surface area contributed by atoms with E-state index in [1.807, 2.05) is 12.1 Å². The van der Waals surface area contributed by atoms with Gasteiger partial charge in [-0.2, -0.15) is 0 Å². The fourth-order valence-electron chi connectivity index (χ4n) is 2.79. The maximum Gasteiger partial charge on any atom is 0.0406 e. The zero-order valence-corrected chi connectivity index (χ0v) is 12.7. The summed E-state index contributed by atoms with van der Waals surface area (Å²) < 4.78 is 0. The summed E-state index contributed by atoms with van der Waals surface area (Å²) in [6.07, 6.45) is 2.58. The molecule has 1 aromatic rings. The van der Waals surface area contributed by atoms with Gasteiger partial charge in [0, 0.05) is 11.1 Å². The second-order valence-corrected chi connectivity index (χ2v) is 6.31. The molecule has 19 heavy (non-hydrogen) atoms. The summed E-state index contributed by atoms with van der Waals surface area (Å²) >= 11 is 5.97. The number of benzene rings is 1. The van der Waals surface area contributed by atoms with Gasteiger partial charge >= 0.3 is 0 Å². The van der Waals surface area contributed by atoms with E-state index in [1.165, 1.54) is 31.5 Å². The Hall–Kier alpha value is -0.570. The molecule has 1 aliphatic heterocycles. The van der Waals surface area contributed by atoms with Crippen molar-refractivity contribution < 1.29 is 0 Å². The van der Waals surface area contributed by atoms with E-state index in [9.17, 15) is 0 Å². The smallest absolute Gasteiger partial charge is 0.0406 e. The Bertz CT molecular complexity index is 369. The van der Waals surface area contributed by atoms with Gasteiger partial charge in [0.25, 0.3) is 0 Å². The summed E-state index contributed by atoms with van der Waals surface area (Å²) in [5, 5.41) is 7.98. The Balaban J connectivity index is 1.94. The van der Waals surface area contributed by atoms with Crippen molar-refractivity contribution in [2.24, 2.45) is 11.8 Å². The van der Waals surface area contributed by atoms with E-state index in [2.05, 4.69) is 36.6 Å². The second-order valence-electron chi connectivity index (χ2n) is 5.87. The molecule has 0 aliphatic carbocycles. The van der Waals surface area contributed by atoms with E-state index in [1.54, 1.807) is 0 Å². The molecule has 1 unspecified atom stereocenters. The van der Waals surface area contributed by atoms with Crippen molar-refractivity contribution in [2.45, 2.75) is 32.7 Å². The van der Waals surface area contributed by atoms with Crippen molar-refractivity contribution in [3.8, 4) is 0 Å². The van der Waals surface area contributed by atoms with Crippen molar-refractivity contribution in [1.82, 2.24) is 10.6 Å². The monoisotopic (exact) mass is 280 g/mol. The molecular formula is C16H25ClN2. The van der Waals surface area contributed by atoms with Gasteiger partial charge in [-0.25, -0.2) is 0 Å². The molecule has 1 saturated heterocycles. The van der Waals surface area contributed by atoms with Gasteiger partial charge in [-0.05, 0) is 62.0 Å². The van der Waals surface area contributed by atoms with Gasteiger partial charge < -0.3 is 10.6 Å². The molecule has 106 valence electrons. The van der Waals surface area contributed by atoms with E-state index >= 15 is 0 Å². The highest BCUT2D eigenvalue weighted by Gasteiger charge is 2.18. The first-order chi connectivity index (χ1) is 9.16. The quantitative estimate of drug-likeness (QED) is 0.861. The minimum Gasteiger partial charge on any atom is -0.317 e. The fourth-order valence-corrected chi connectivity index (χ4v) is 2.91. The first kappa shape index (κ1) is 14.8. The van der Waals surface area contributed by atoms with Crippen LogP contribution in [0.5, 0.6) is 0 Å². The highest BCUT2D eigenvalue weighted by atomic mass is 35.5. The van der Waals surface area contributed by atoms with Gasteiger partial charge in [0.15, 0.2) is 0 Å².